The number of nitrogens with one attached hydrogen (secondary N) is 1. The van der Waals surface area contributed by atoms with Crippen LogP contribution in [0, 0.1) is 0 Å². The zero-order valence-electron chi connectivity index (χ0n) is 13.3. The molecule has 0 spiro atoms. The molecule has 1 saturated heterocycles. The molecule has 0 bridgehead atoms. The van der Waals surface area contributed by atoms with Crippen molar-refractivity contribution < 1.29 is 4.74 Å². The van der Waals surface area contributed by atoms with Crippen molar-refractivity contribution in [3.8, 4) is 0 Å². The minimum Gasteiger partial charge on any atom is -0.376 e. The first kappa shape index (κ1) is 15.0. The number of aryl methyl sites for hydroxylation is 1. The van der Waals surface area contributed by atoms with Gasteiger partial charge in [0.05, 0.1) is 12.7 Å². The van der Waals surface area contributed by atoms with Crippen LogP contribution in [0.3, 0.4) is 0 Å². The Morgan fingerprint density at radius 3 is 2.95 bits per heavy atom. The molecule has 116 valence electrons. The number of nitrogens with zero attached hydrogens (tertiary/aromatic N) is 1. The summed E-state index contributed by atoms with van der Waals surface area (Å²) in [7, 11) is 0. The van der Waals surface area contributed by atoms with Crippen molar-refractivity contribution in [3.63, 3.8) is 0 Å². The Hall–Kier alpha value is -0.900. The Morgan fingerprint density at radius 1 is 1.29 bits per heavy atom. The lowest BCUT2D eigenvalue weighted by Crippen LogP contribution is -2.53. The smallest absolute Gasteiger partial charge is 0.0700 e. The summed E-state index contributed by atoms with van der Waals surface area (Å²) in [5, 5.41) is 3.74. The van der Waals surface area contributed by atoms with E-state index < -0.39 is 0 Å². The highest BCUT2D eigenvalue weighted by molar-refractivity contribution is 5.34. The normalized spacial score (nSPS) is 30.1. The summed E-state index contributed by atoms with van der Waals surface area (Å²) in [6, 6.07) is 10.0. The summed E-state index contributed by atoms with van der Waals surface area (Å²) in [5.41, 5.74) is 3.04. The molecule has 3 atom stereocenters. The molecule has 3 heteroatoms. The summed E-state index contributed by atoms with van der Waals surface area (Å²) in [5.74, 6) is 0. The van der Waals surface area contributed by atoms with Crippen LogP contribution in [0.15, 0.2) is 24.3 Å². The second-order valence-electron chi connectivity index (χ2n) is 6.24. The number of hydrogen-bond acceptors (Lipinski definition) is 3. The van der Waals surface area contributed by atoms with Gasteiger partial charge in [-0.15, -0.1) is 0 Å². The first-order chi connectivity index (χ1) is 10.3. The summed E-state index contributed by atoms with van der Waals surface area (Å²) in [4.78, 5) is 2.67. The van der Waals surface area contributed by atoms with Gasteiger partial charge in [0.1, 0.15) is 0 Å². The molecule has 1 heterocycles. The lowest BCUT2D eigenvalue weighted by atomic mass is 9.83. The van der Waals surface area contributed by atoms with Crippen molar-refractivity contribution in [2.45, 2.75) is 51.3 Å². The Labute approximate surface area is 128 Å². The SMILES string of the molecule is CCNC1c2ccccc2CCC1N1CCOC(CC)C1. The van der Waals surface area contributed by atoms with E-state index in [1.54, 1.807) is 0 Å². The lowest BCUT2D eigenvalue weighted by Gasteiger charge is -2.44. The number of morpholine rings is 1. The van der Waals surface area contributed by atoms with Crippen LogP contribution in [0.25, 0.3) is 0 Å². The van der Waals surface area contributed by atoms with Crippen LogP contribution in [0.1, 0.15) is 43.9 Å². The van der Waals surface area contributed by atoms with Gasteiger partial charge >= 0.3 is 0 Å². The molecule has 1 fully saturated rings. The number of hydrogen-bond donors (Lipinski definition) is 1. The fourth-order valence-corrected chi connectivity index (χ4v) is 3.89. The quantitative estimate of drug-likeness (QED) is 0.922. The largest absolute Gasteiger partial charge is 0.376 e. The molecule has 1 aromatic carbocycles. The molecule has 3 nitrogen and oxygen atoms in total. The monoisotopic (exact) mass is 288 g/mol. The second-order valence-corrected chi connectivity index (χ2v) is 6.24. The molecule has 3 rings (SSSR count). The Balaban J connectivity index is 1.81. The summed E-state index contributed by atoms with van der Waals surface area (Å²) >= 11 is 0. The molecule has 1 aliphatic carbocycles. The van der Waals surface area contributed by atoms with Gasteiger partial charge in [-0.25, -0.2) is 0 Å². The van der Waals surface area contributed by atoms with Crippen LogP contribution in [-0.4, -0.2) is 43.3 Å². The van der Waals surface area contributed by atoms with Gasteiger partial charge in [-0.3, -0.25) is 4.90 Å². The average Bonchev–Trinajstić information content (AvgIpc) is 2.55. The minimum atomic E-state index is 0.415. The van der Waals surface area contributed by atoms with Crippen LogP contribution in [0.4, 0.5) is 0 Å². The van der Waals surface area contributed by atoms with Crippen LogP contribution in [0.2, 0.25) is 0 Å². The molecule has 1 aromatic rings. The molecule has 21 heavy (non-hydrogen) atoms. The molecule has 1 N–H and O–H groups in total. The Bertz CT molecular complexity index is 462. The molecular formula is C18H28N2O. The highest BCUT2D eigenvalue weighted by atomic mass is 16.5. The summed E-state index contributed by atoms with van der Waals surface area (Å²) < 4.78 is 5.85. The van der Waals surface area contributed by atoms with E-state index in [-0.39, 0.29) is 0 Å². The van der Waals surface area contributed by atoms with Crippen molar-refractivity contribution in [2.75, 3.05) is 26.2 Å². The van der Waals surface area contributed by atoms with E-state index in [0.29, 0.717) is 18.2 Å². The van der Waals surface area contributed by atoms with Gasteiger partial charge in [0.25, 0.3) is 0 Å². The maximum absolute atomic E-state index is 5.85. The first-order valence-corrected chi connectivity index (χ1v) is 8.50. The summed E-state index contributed by atoms with van der Waals surface area (Å²) in [6.45, 7) is 8.51. The number of fused-ring (bicyclic) bond motifs is 1. The van der Waals surface area contributed by atoms with E-state index in [0.717, 1.165) is 32.7 Å². The van der Waals surface area contributed by atoms with E-state index in [1.165, 1.54) is 24.0 Å². The maximum atomic E-state index is 5.85. The number of rotatable bonds is 4. The number of benzene rings is 1. The van der Waals surface area contributed by atoms with E-state index in [9.17, 15) is 0 Å². The molecular weight excluding hydrogens is 260 g/mol. The van der Waals surface area contributed by atoms with Gasteiger partial charge in [0, 0.05) is 25.2 Å². The third-order valence-electron chi connectivity index (χ3n) is 5.00. The van der Waals surface area contributed by atoms with Crippen LogP contribution < -0.4 is 5.32 Å². The van der Waals surface area contributed by atoms with E-state index in [4.69, 9.17) is 4.74 Å². The molecule has 2 aliphatic rings. The fraction of sp³-hybridized carbons (Fsp3) is 0.667. The Kier molecular flexibility index (Phi) is 4.94. The first-order valence-electron chi connectivity index (χ1n) is 8.50. The molecule has 0 saturated carbocycles. The van der Waals surface area contributed by atoms with E-state index in [2.05, 4.69) is 48.3 Å². The van der Waals surface area contributed by atoms with Gasteiger partial charge in [0.2, 0.25) is 0 Å². The highest BCUT2D eigenvalue weighted by Crippen LogP contribution is 2.33. The van der Waals surface area contributed by atoms with Crippen molar-refractivity contribution in [1.82, 2.24) is 10.2 Å². The predicted octanol–water partition coefficient (Wildman–Crippen LogP) is 2.76. The van der Waals surface area contributed by atoms with Gasteiger partial charge < -0.3 is 10.1 Å². The van der Waals surface area contributed by atoms with Gasteiger partial charge in [-0.1, -0.05) is 38.1 Å². The highest BCUT2D eigenvalue weighted by Gasteiger charge is 2.35. The third-order valence-corrected chi connectivity index (χ3v) is 5.00. The lowest BCUT2D eigenvalue weighted by molar-refractivity contribution is -0.0520. The standard InChI is InChI=1S/C18H28N2O/c1-3-15-13-20(11-12-21-15)17-10-9-14-7-5-6-8-16(14)18(17)19-4-2/h5-8,15,17-19H,3-4,9-13H2,1-2H3. The van der Waals surface area contributed by atoms with Crippen LogP contribution >= 0.6 is 0 Å². The summed E-state index contributed by atoms with van der Waals surface area (Å²) in [6.07, 6.45) is 3.99. The van der Waals surface area contributed by atoms with Crippen molar-refractivity contribution in [3.05, 3.63) is 35.4 Å². The average molecular weight is 288 g/mol. The zero-order chi connectivity index (χ0) is 14.7. The van der Waals surface area contributed by atoms with Crippen molar-refractivity contribution in [1.29, 1.82) is 0 Å². The predicted molar refractivity (Wildman–Crippen MR) is 86.6 cm³/mol. The van der Waals surface area contributed by atoms with Crippen LogP contribution in [-0.2, 0) is 11.2 Å². The molecule has 0 amide bonds. The molecule has 0 aromatic heterocycles. The van der Waals surface area contributed by atoms with Gasteiger partial charge in [-0.2, -0.15) is 0 Å². The topological polar surface area (TPSA) is 24.5 Å². The molecule has 1 aliphatic heterocycles. The fourth-order valence-electron chi connectivity index (χ4n) is 3.89. The zero-order valence-corrected chi connectivity index (χ0v) is 13.3. The second kappa shape index (κ2) is 6.91. The molecule has 3 unspecified atom stereocenters. The van der Waals surface area contributed by atoms with Crippen molar-refractivity contribution >= 4 is 0 Å². The minimum absolute atomic E-state index is 0.415. The molecule has 0 radical (unpaired) electrons. The Morgan fingerprint density at radius 2 is 2.14 bits per heavy atom. The van der Waals surface area contributed by atoms with E-state index in [1.807, 2.05) is 0 Å². The van der Waals surface area contributed by atoms with Gasteiger partial charge in [-0.05, 0) is 36.9 Å². The van der Waals surface area contributed by atoms with Crippen molar-refractivity contribution in [2.24, 2.45) is 0 Å². The van der Waals surface area contributed by atoms with Gasteiger partial charge in [0.15, 0.2) is 0 Å². The number of ether oxygens (including phenoxy) is 1. The maximum Gasteiger partial charge on any atom is 0.0700 e. The number of likely N-dealkylation sites (N-methyl/N-ethyl adjacent to an activating group) is 1. The van der Waals surface area contributed by atoms with E-state index >= 15 is 0 Å². The van der Waals surface area contributed by atoms with Crippen LogP contribution in [0.5, 0.6) is 0 Å². The third kappa shape index (κ3) is 3.15.